The normalized spacial score (nSPS) is 18.2. The minimum atomic E-state index is -1.62. The quantitative estimate of drug-likeness (QED) is 0.740. The first-order valence-corrected chi connectivity index (χ1v) is 7.88. The Kier molecular flexibility index (Phi) is 4.36. The first-order valence-electron chi connectivity index (χ1n) is 6.74. The Bertz CT molecular complexity index is 638. The Balaban J connectivity index is 2.60. The van der Waals surface area contributed by atoms with Gasteiger partial charge in [0.25, 0.3) is 0 Å². The minimum absolute atomic E-state index is 0.174. The van der Waals surface area contributed by atoms with Crippen LogP contribution in [-0.2, 0) is 6.42 Å². The van der Waals surface area contributed by atoms with Gasteiger partial charge < -0.3 is 5.73 Å². The van der Waals surface area contributed by atoms with E-state index in [1.165, 1.54) is 16.7 Å². The van der Waals surface area contributed by atoms with Gasteiger partial charge >= 0.3 is 0 Å². The first-order chi connectivity index (χ1) is 9.49. The van der Waals surface area contributed by atoms with Gasteiger partial charge in [0, 0.05) is 5.56 Å². The van der Waals surface area contributed by atoms with Gasteiger partial charge in [0.05, 0.1) is 16.9 Å². The number of halogens is 3. The van der Waals surface area contributed by atoms with Crippen molar-refractivity contribution in [3.05, 3.63) is 46.2 Å². The largest absolute Gasteiger partial charge is 0.398 e. The Morgan fingerprint density at radius 1 is 1.24 bits per heavy atom. The van der Waals surface area contributed by atoms with Crippen molar-refractivity contribution in [2.45, 2.75) is 43.4 Å². The summed E-state index contributed by atoms with van der Waals surface area (Å²) in [5.74, 6) is 0. The van der Waals surface area contributed by atoms with Crippen molar-refractivity contribution >= 4 is 40.5 Å². The Morgan fingerprint density at radius 3 is 2.38 bits per heavy atom. The summed E-state index contributed by atoms with van der Waals surface area (Å²) in [6.45, 7) is 8.36. The lowest BCUT2D eigenvalue weighted by atomic mass is 9.84. The molecule has 1 aliphatic heterocycles. The zero-order valence-corrected chi connectivity index (χ0v) is 14.9. The predicted molar refractivity (Wildman–Crippen MR) is 92.8 cm³/mol. The van der Waals surface area contributed by atoms with Gasteiger partial charge in [-0.1, -0.05) is 40.9 Å². The molecular weight excluding hydrogens is 327 g/mol. The minimum Gasteiger partial charge on any atom is -0.398 e. The molecule has 0 fully saturated rings. The summed E-state index contributed by atoms with van der Waals surface area (Å²) in [5, 5.41) is 0. The molecule has 5 heteroatoms. The van der Waals surface area contributed by atoms with Gasteiger partial charge in [-0.15, -0.1) is 0 Å². The summed E-state index contributed by atoms with van der Waals surface area (Å²) in [6.07, 6.45) is 2.55. The van der Waals surface area contributed by atoms with E-state index in [1.807, 2.05) is 0 Å². The van der Waals surface area contributed by atoms with E-state index < -0.39 is 3.79 Å². The lowest BCUT2D eigenvalue weighted by Crippen LogP contribution is -2.29. The molecule has 21 heavy (non-hydrogen) atoms. The maximum absolute atomic E-state index is 5.88. The lowest BCUT2D eigenvalue weighted by molar-refractivity contribution is 0.513. The molecule has 0 bridgehead atoms. The van der Waals surface area contributed by atoms with Crippen LogP contribution in [0.15, 0.2) is 28.9 Å². The topological polar surface area (TPSA) is 38.4 Å². The molecule has 0 radical (unpaired) electrons. The van der Waals surface area contributed by atoms with Crippen LogP contribution in [0.3, 0.4) is 0 Å². The standard InChI is InChI=1S/C16H19Cl3N2/c1-9-5-11-8-15(3,4)21-13(12(11)6-10(9)2)7-14(20)16(17,18)19/h5-7H,8,20H2,1-4H3. The molecule has 1 aromatic carbocycles. The first kappa shape index (κ1) is 16.7. The number of benzene rings is 1. The van der Waals surface area contributed by atoms with Crippen LogP contribution >= 0.6 is 34.8 Å². The third-order valence-electron chi connectivity index (χ3n) is 3.66. The van der Waals surface area contributed by atoms with Crippen LogP contribution in [0.2, 0.25) is 0 Å². The lowest BCUT2D eigenvalue weighted by Gasteiger charge is -2.29. The van der Waals surface area contributed by atoms with E-state index in [-0.39, 0.29) is 11.2 Å². The monoisotopic (exact) mass is 344 g/mol. The van der Waals surface area contributed by atoms with Crippen molar-refractivity contribution in [3.8, 4) is 0 Å². The van der Waals surface area contributed by atoms with Gasteiger partial charge in [0.15, 0.2) is 0 Å². The molecule has 0 saturated heterocycles. The van der Waals surface area contributed by atoms with Crippen molar-refractivity contribution in [3.63, 3.8) is 0 Å². The highest BCUT2D eigenvalue weighted by Gasteiger charge is 2.29. The summed E-state index contributed by atoms with van der Waals surface area (Å²) >= 11 is 17.5. The van der Waals surface area contributed by atoms with Gasteiger partial charge in [0.1, 0.15) is 0 Å². The number of allylic oxidation sites excluding steroid dienone is 2. The van der Waals surface area contributed by atoms with E-state index in [4.69, 9.17) is 45.5 Å². The van der Waals surface area contributed by atoms with Gasteiger partial charge in [-0.2, -0.15) is 0 Å². The third kappa shape index (κ3) is 3.74. The smallest absolute Gasteiger partial charge is 0.229 e. The average molecular weight is 346 g/mol. The third-order valence-corrected chi connectivity index (χ3v) is 4.32. The summed E-state index contributed by atoms with van der Waals surface area (Å²) in [7, 11) is 0. The molecule has 0 aliphatic carbocycles. The summed E-state index contributed by atoms with van der Waals surface area (Å²) in [6, 6.07) is 4.33. The second-order valence-corrected chi connectivity index (χ2v) is 8.46. The van der Waals surface area contributed by atoms with Crippen molar-refractivity contribution in [2.24, 2.45) is 10.7 Å². The molecule has 0 atom stereocenters. The number of fused-ring (bicyclic) bond motifs is 1. The molecule has 0 amide bonds. The molecule has 2 N–H and O–H groups in total. The second kappa shape index (κ2) is 5.49. The fraction of sp³-hybridized carbons (Fsp3) is 0.438. The van der Waals surface area contributed by atoms with Crippen molar-refractivity contribution in [1.82, 2.24) is 0 Å². The molecule has 114 valence electrons. The van der Waals surface area contributed by atoms with E-state index in [0.717, 1.165) is 17.7 Å². The molecule has 0 saturated carbocycles. The molecule has 0 spiro atoms. The number of aliphatic imine (C=N–C) groups is 1. The fourth-order valence-electron chi connectivity index (χ4n) is 2.49. The van der Waals surface area contributed by atoms with E-state index in [1.54, 1.807) is 6.08 Å². The van der Waals surface area contributed by atoms with E-state index in [9.17, 15) is 0 Å². The number of aryl methyl sites for hydroxylation is 2. The highest BCUT2D eigenvalue weighted by atomic mass is 35.6. The Labute approximate surface area is 141 Å². The van der Waals surface area contributed by atoms with Crippen molar-refractivity contribution in [1.29, 1.82) is 0 Å². The van der Waals surface area contributed by atoms with E-state index >= 15 is 0 Å². The van der Waals surface area contributed by atoms with Crippen LogP contribution in [0.5, 0.6) is 0 Å². The van der Waals surface area contributed by atoms with Crippen LogP contribution in [-0.4, -0.2) is 15.0 Å². The fourth-order valence-corrected chi connectivity index (χ4v) is 2.66. The summed E-state index contributed by atoms with van der Waals surface area (Å²) in [5.41, 5.74) is 11.4. The molecule has 2 nitrogen and oxygen atoms in total. The van der Waals surface area contributed by atoms with Crippen LogP contribution in [0.25, 0.3) is 0 Å². The summed E-state index contributed by atoms with van der Waals surface area (Å²) < 4.78 is -1.62. The molecular formula is C16H19Cl3N2. The van der Waals surface area contributed by atoms with Crippen LogP contribution in [0, 0.1) is 13.8 Å². The van der Waals surface area contributed by atoms with Crippen LogP contribution < -0.4 is 5.73 Å². The zero-order valence-electron chi connectivity index (χ0n) is 12.6. The average Bonchev–Trinajstić information content (AvgIpc) is 2.29. The zero-order chi connectivity index (χ0) is 16.0. The molecule has 1 aromatic rings. The predicted octanol–water partition coefficient (Wildman–Crippen LogP) is 4.64. The molecule has 0 unspecified atom stereocenters. The highest BCUT2D eigenvalue weighted by Crippen LogP contribution is 2.34. The van der Waals surface area contributed by atoms with Gasteiger partial charge in [-0.3, -0.25) is 4.99 Å². The number of alkyl halides is 3. The molecule has 2 rings (SSSR count). The number of nitrogens with zero attached hydrogens (tertiary/aromatic N) is 1. The SMILES string of the molecule is Cc1cc2c(cc1C)C(C=C(N)C(Cl)(Cl)Cl)=NC(C)(C)C2. The maximum atomic E-state index is 5.88. The van der Waals surface area contributed by atoms with Gasteiger partial charge in [0.2, 0.25) is 3.79 Å². The maximum Gasteiger partial charge on any atom is 0.229 e. The van der Waals surface area contributed by atoms with Crippen molar-refractivity contribution < 1.29 is 0 Å². The summed E-state index contributed by atoms with van der Waals surface area (Å²) in [4.78, 5) is 4.76. The van der Waals surface area contributed by atoms with Gasteiger partial charge in [-0.25, -0.2) is 0 Å². The van der Waals surface area contributed by atoms with Gasteiger partial charge in [-0.05, 0) is 62.9 Å². The second-order valence-electron chi connectivity index (χ2n) is 6.18. The van der Waals surface area contributed by atoms with E-state index in [2.05, 4.69) is 39.8 Å². The number of hydrogen-bond donors (Lipinski definition) is 1. The molecule has 1 aliphatic rings. The van der Waals surface area contributed by atoms with Crippen LogP contribution in [0.4, 0.5) is 0 Å². The number of hydrogen-bond acceptors (Lipinski definition) is 2. The molecule has 0 aromatic heterocycles. The van der Waals surface area contributed by atoms with E-state index in [0.29, 0.717) is 0 Å². The number of rotatable bonds is 1. The van der Waals surface area contributed by atoms with Crippen LogP contribution in [0.1, 0.15) is 36.1 Å². The Morgan fingerprint density at radius 2 is 1.81 bits per heavy atom. The van der Waals surface area contributed by atoms with Crippen molar-refractivity contribution in [2.75, 3.05) is 0 Å². The Hall–Kier alpha value is -0.700. The molecule has 1 heterocycles. The number of nitrogens with two attached hydrogens (primary N) is 1. The highest BCUT2D eigenvalue weighted by molar-refractivity contribution is 6.69.